The van der Waals surface area contributed by atoms with Crippen LogP contribution < -0.4 is 0 Å². The SMILES string of the molecule is C(=NCCCC1OCC2(CO1)COC(CCCN=Cc1ccco1)OC2)c1ccco1. The molecule has 4 rings (SSSR count). The van der Waals surface area contributed by atoms with Gasteiger partial charge in [-0.05, 0) is 37.1 Å². The van der Waals surface area contributed by atoms with E-state index in [1.165, 1.54) is 0 Å². The zero-order valence-electron chi connectivity index (χ0n) is 17.7. The van der Waals surface area contributed by atoms with Gasteiger partial charge in [-0.2, -0.15) is 0 Å². The Morgan fingerprint density at radius 1 is 0.742 bits per heavy atom. The lowest BCUT2D eigenvalue weighted by Crippen LogP contribution is -2.52. The Morgan fingerprint density at radius 2 is 1.19 bits per heavy atom. The molecule has 168 valence electrons. The normalized spacial score (nSPS) is 27.0. The summed E-state index contributed by atoms with van der Waals surface area (Å²) in [5, 5.41) is 0. The molecule has 2 aliphatic heterocycles. The summed E-state index contributed by atoms with van der Waals surface area (Å²) in [7, 11) is 0. The van der Waals surface area contributed by atoms with E-state index in [9.17, 15) is 0 Å². The van der Waals surface area contributed by atoms with E-state index < -0.39 is 0 Å². The highest BCUT2D eigenvalue weighted by molar-refractivity contribution is 5.75. The van der Waals surface area contributed by atoms with E-state index in [4.69, 9.17) is 27.8 Å². The molecule has 2 aliphatic rings. The molecule has 0 N–H and O–H groups in total. The molecule has 0 amide bonds. The maximum absolute atomic E-state index is 5.93. The predicted molar refractivity (Wildman–Crippen MR) is 115 cm³/mol. The van der Waals surface area contributed by atoms with Gasteiger partial charge in [0, 0.05) is 25.9 Å². The Labute approximate surface area is 182 Å². The summed E-state index contributed by atoms with van der Waals surface area (Å²) < 4.78 is 34.1. The molecule has 0 unspecified atom stereocenters. The summed E-state index contributed by atoms with van der Waals surface area (Å²) in [6.07, 6.45) is 9.82. The van der Waals surface area contributed by atoms with Gasteiger partial charge >= 0.3 is 0 Å². The number of nitrogens with zero attached hydrogens (tertiary/aromatic N) is 2. The molecule has 31 heavy (non-hydrogen) atoms. The average Bonchev–Trinajstić information content (AvgIpc) is 3.51. The van der Waals surface area contributed by atoms with Crippen LogP contribution in [0, 0.1) is 5.41 Å². The minimum Gasteiger partial charge on any atom is -0.463 e. The second kappa shape index (κ2) is 11.4. The Hall–Kier alpha value is -2.26. The Morgan fingerprint density at radius 3 is 1.58 bits per heavy atom. The number of rotatable bonds is 10. The minimum absolute atomic E-state index is 0.186. The van der Waals surface area contributed by atoms with Crippen molar-refractivity contribution < 1.29 is 27.8 Å². The number of hydrogen-bond donors (Lipinski definition) is 0. The molecule has 0 radical (unpaired) electrons. The topological polar surface area (TPSA) is 87.9 Å². The highest BCUT2D eigenvalue weighted by Crippen LogP contribution is 2.31. The van der Waals surface area contributed by atoms with Crippen LogP contribution >= 0.6 is 0 Å². The second-order valence-electron chi connectivity index (χ2n) is 7.99. The van der Waals surface area contributed by atoms with E-state index in [0.717, 1.165) is 37.2 Å². The monoisotopic (exact) mass is 430 g/mol. The van der Waals surface area contributed by atoms with Gasteiger partial charge in [0.1, 0.15) is 11.5 Å². The molecule has 0 saturated carbocycles. The zero-order valence-corrected chi connectivity index (χ0v) is 17.7. The van der Waals surface area contributed by atoms with Gasteiger partial charge in [0.15, 0.2) is 12.6 Å². The lowest BCUT2D eigenvalue weighted by molar-refractivity contribution is -0.304. The molecule has 8 heteroatoms. The smallest absolute Gasteiger partial charge is 0.157 e. The van der Waals surface area contributed by atoms with Crippen molar-refractivity contribution in [2.24, 2.45) is 15.4 Å². The Kier molecular flexibility index (Phi) is 8.06. The lowest BCUT2D eigenvalue weighted by Gasteiger charge is -2.43. The van der Waals surface area contributed by atoms with E-state index in [1.807, 2.05) is 24.3 Å². The molecule has 2 fully saturated rings. The van der Waals surface area contributed by atoms with Gasteiger partial charge in [-0.3, -0.25) is 9.98 Å². The minimum atomic E-state index is -0.206. The van der Waals surface area contributed by atoms with E-state index >= 15 is 0 Å². The molecule has 4 heterocycles. The molecule has 2 saturated heterocycles. The van der Waals surface area contributed by atoms with Crippen LogP contribution in [0.15, 0.2) is 55.6 Å². The number of furan rings is 2. The molecule has 0 bridgehead atoms. The maximum Gasteiger partial charge on any atom is 0.157 e. The van der Waals surface area contributed by atoms with Gasteiger partial charge in [-0.1, -0.05) is 0 Å². The summed E-state index contributed by atoms with van der Waals surface area (Å²) in [5.74, 6) is 1.54. The van der Waals surface area contributed by atoms with E-state index in [-0.39, 0.29) is 18.0 Å². The lowest BCUT2D eigenvalue weighted by atomic mass is 9.90. The van der Waals surface area contributed by atoms with Crippen molar-refractivity contribution in [3.8, 4) is 0 Å². The molecule has 2 aromatic heterocycles. The maximum atomic E-state index is 5.93. The standard InChI is InChI=1S/C23H30N2O6/c1(9-24-13-19-5-3-11-26-19)7-21-28-15-23(16-29-21)17-30-22(31-18-23)8-2-10-25-14-20-6-4-12-27-20/h3-6,11-14,21-22H,1-2,7-10,15-18H2. The molecule has 0 aliphatic carbocycles. The molecular weight excluding hydrogens is 400 g/mol. The van der Waals surface area contributed by atoms with E-state index in [2.05, 4.69) is 9.98 Å². The van der Waals surface area contributed by atoms with Gasteiger partial charge in [0.25, 0.3) is 0 Å². The van der Waals surface area contributed by atoms with Gasteiger partial charge in [-0.25, -0.2) is 0 Å². The van der Waals surface area contributed by atoms with Gasteiger partial charge in [0.2, 0.25) is 0 Å². The van der Waals surface area contributed by atoms with Crippen LogP contribution in [0.2, 0.25) is 0 Å². The van der Waals surface area contributed by atoms with Gasteiger partial charge in [-0.15, -0.1) is 0 Å². The number of aliphatic imine (C=N–C) groups is 2. The second-order valence-corrected chi connectivity index (χ2v) is 7.99. The van der Waals surface area contributed by atoms with Gasteiger partial charge < -0.3 is 27.8 Å². The van der Waals surface area contributed by atoms with Crippen LogP contribution in [0.3, 0.4) is 0 Å². The third kappa shape index (κ3) is 6.87. The third-order valence-corrected chi connectivity index (χ3v) is 5.28. The van der Waals surface area contributed by atoms with Crippen molar-refractivity contribution in [3.05, 3.63) is 48.3 Å². The Bertz CT molecular complexity index is 714. The van der Waals surface area contributed by atoms with Crippen molar-refractivity contribution in [2.75, 3.05) is 39.5 Å². The molecule has 0 atom stereocenters. The first-order chi connectivity index (χ1) is 15.3. The quantitative estimate of drug-likeness (QED) is 0.422. The van der Waals surface area contributed by atoms with Crippen molar-refractivity contribution in [2.45, 2.75) is 38.3 Å². The summed E-state index contributed by atoms with van der Waals surface area (Å²) in [4.78, 5) is 8.71. The largest absolute Gasteiger partial charge is 0.463 e. The Balaban J connectivity index is 1.06. The predicted octanol–water partition coefficient (Wildman–Crippen LogP) is 3.70. The fourth-order valence-electron chi connectivity index (χ4n) is 3.50. The highest BCUT2D eigenvalue weighted by Gasteiger charge is 2.41. The van der Waals surface area contributed by atoms with Crippen LogP contribution in [0.5, 0.6) is 0 Å². The van der Waals surface area contributed by atoms with Crippen molar-refractivity contribution >= 4 is 12.4 Å². The first kappa shape index (κ1) is 22.0. The van der Waals surface area contributed by atoms with E-state index in [1.54, 1.807) is 25.0 Å². The molecule has 8 nitrogen and oxygen atoms in total. The first-order valence-electron chi connectivity index (χ1n) is 10.8. The van der Waals surface area contributed by atoms with Crippen LogP contribution in [0.4, 0.5) is 0 Å². The van der Waals surface area contributed by atoms with Gasteiger partial charge in [0.05, 0.1) is 56.8 Å². The third-order valence-electron chi connectivity index (χ3n) is 5.28. The fourth-order valence-corrected chi connectivity index (χ4v) is 3.50. The number of ether oxygens (including phenoxy) is 4. The molecule has 1 spiro atoms. The zero-order chi connectivity index (χ0) is 21.2. The first-order valence-corrected chi connectivity index (χ1v) is 10.8. The molecule has 2 aromatic rings. The van der Waals surface area contributed by atoms with Crippen LogP contribution in [0.25, 0.3) is 0 Å². The fraction of sp³-hybridized carbons (Fsp3) is 0.565. The van der Waals surface area contributed by atoms with Crippen LogP contribution in [-0.2, 0) is 18.9 Å². The molecule has 0 aromatic carbocycles. The molecular formula is C23H30N2O6. The van der Waals surface area contributed by atoms with Crippen molar-refractivity contribution in [1.82, 2.24) is 0 Å². The summed E-state index contributed by atoms with van der Waals surface area (Å²) in [6.45, 7) is 3.80. The van der Waals surface area contributed by atoms with Crippen molar-refractivity contribution in [3.63, 3.8) is 0 Å². The summed E-state index contributed by atoms with van der Waals surface area (Å²) in [5.41, 5.74) is -0.206. The highest BCUT2D eigenvalue weighted by atomic mass is 16.7. The van der Waals surface area contributed by atoms with E-state index in [0.29, 0.717) is 39.5 Å². The average molecular weight is 431 g/mol. The van der Waals surface area contributed by atoms with Crippen LogP contribution in [0.1, 0.15) is 37.2 Å². The van der Waals surface area contributed by atoms with Crippen molar-refractivity contribution in [1.29, 1.82) is 0 Å². The summed E-state index contributed by atoms with van der Waals surface area (Å²) >= 11 is 0. The van der Waals surface area contributed by atoms with Crippen LogP contribution in [-0.4, -0.2) is 64.5 Å². The number of hydrogen-bond acceptors (Lipinski definition) is 8. The summed E-state index contributed by atoms with van der Waals surface area (Å²) in [6, 6.07) is 7.46.